The molecule has 0 saturated carbocycles. The minimum Gasteiger partial charge on any atom is -0.319 e. The Labute approximate surface area is 131 Å². The van der Waals surface area contributed by atoms with Crippen molar-refractivity contribution >= 4 is 33.2 Å². The van der Waals surface area contributed by atoms with Gasteiger partial charge in [-0.1, -0.05) is 29.8 Å². The predicted octanol–water partition coefficient (Wildman–Crippen LogP) is 3.07. The van der Waals surface area contributed by atoms with Crippen molar-refractivity contribution in [1.29, 1.82) is 0 Å². The number of piperidine rings is 1. The number of benzene rings is 1. The fraction of sp³-hybridized carbons (Fsp3) is 0.500. The van der Waals surface area contributed by atoms with Gasteiger partial charge in [-0.15, -0.1) is 0 Å². The van der Waals surface area contributed by atoms with E-state index in [0.29, 0.717) is 4.47 Å². The van der Waals surface area contributed by atoms with Crippen molar-refractivity contribution in [2.75, 3.05) is 11.9 Å². The molecule has 1 saturated heterocycles. The molecule has 0 radical (unpaired) electrons. The molecule has 1 fully saturated rings. The molecule has 1 aromatic rings. The average molecular weight is 356 g/mol. The lowest BCUT2D eigenvalue weighted by Crippen LogP contribution is -2.53. The number of nitrogens with zero attached hydrogens (tertiary/aromatic N) is 1. The monoisotopic (exact) mass is 355 g/mol. The zero-order valence-corrected chi connectivity index (χ0v) is 13.6. The summed E-state index contributed by atoms with van der Waals surface area (Å²) in [4.78, 5) is 23.0. The topological polar surface area (TPSA) is 84.3 Å². The van der Waals surface area contributed by atoms with Gasteiger partial charge in [-0.25, -0.2) is 0 Å². The van der Waals surface area contributed by atoms with E-state index in [4.69, 9.17) is 0 Å². The second-order valence-corrected chi connectivity index (χ2v) is 6.80. The van der Waals surface area contributed by atoms with E-state index >= 15 is 0 Å². The molecule has 0 aliphatic carbocycles. The normalized spacial score (nSPS) is 20.8. The summed E-state index contributed by atoms with van der Waals surface area (Å²) in [7, 11) is 0. The van der Waals surface area contributed by atoms with Crippen LogP contribution in [0, 0.1) is 15.5 Å². The Kier molecular flexibility index (Phi) is 4.63. The van der Waals surface area contributed by atoms with Crippen LogP contribution in [0.4, 0.5) is 11.4 Å². The Morgan fingerprint density at radius 2 is 2.24 bits per heavy atom. The molecular weight excluding hydrogens is 338 g/mol. The number of nitrogens with one attached hydrogen (secondary N) is 2. The Morgan fingerprint density at radius 1 is 1.52 bits per heavy atom. The smallest absolute Gasteiger partial charge is 0.293 e. The van der Waals surface area contributed by atoms with Gasteiger partial charge in [0.05, 0.1) is 11.0 Å². The third-order valence-electron chi connectivity index (χ3n) is 3.80. The highest BCUT2D eigenvalue weighted by Gasteiger charge is 2.37. The van der Waals surface area contributed by atoms with Crippen molar-refractivity contribution < 1.29 is 9.72 Å². The molecule has 6 nitrogen and oxygen atoms in total. The highest BCUT2D eigenvalue weighted by atomic mass is 79.9. The van der Waals surface area contributed by atoms with Gasteiger partial charge in [-0.3, -0.25) is 14.9 Å². The summed E-state index contributed by atoms with van der Waals surface area (Å²) < 4.78 is 0.600. The van der Waals surface area contributed by atoms with Gasteiger partial charge < -0.3 is 10.6 Å². The number of nitro benzene ring substituents is 1. The van der Waals surface area contributed by atoms with E-state index in [1.165, 1.54) is 12.1 Å². The first-order chi connectivity index (χ1) is 9.81. The first-order valence-corrected chi connectivity index (χ1v) is 7.59. The van der Waals surface area contributed by atoms with Gasteiger partial charge in [0.1, 0.15) is 5.69 Å². The standard InChI is InChI=1S/C14H18BrN3O3/c1-14(2)6-3-7-16-12(14)13(19)17-10-5-4-9(15)8-11(10)18(20)21/h4-5,8,12,16H,3,6-7H2,1-2H3,(H,17,19). The highest BCUT2D eigenvalue weighted by Crippen LogP contribution is 2.32. The first-order valence-electron chi connectivity index (χ1n) is 6.79. The fourth-order valence-corrected chi connectivity index (χ4v) is 2.97. The largest absolute Gasteiger partial charge is 0.319 e. The third kappa shape index (κ3) is 3.59. The maximum absolute atomic E-state index is 12.4. The quantitative estimate of drug-likeness (QED) is 0.644. The third-order valence-corrected chi connectivity index (χ3v) is 4.30. The van der Waals surface area contributed by atoms with Crippen LogP contribution < -0.4 is 10.6 Å². The Morgan fingerprint density at radius 3 is 2.86 bits per heavy atom. The van der Waals surface area contributed by atoms with Crippen molar-refractivity contribution in [1.82, 2.24) is 5.32 Å². The number of nitro groups is 1. The lowest BCUT2D eigenvalue weighted by molar-refractivity contribution is -0.384. The van der Waals surface area contributed by atoms with Crippen LogP contribution in [0.2, 0.25) is 0 Å². The van der Waals surface area contributed by atoms with Crippen LogP contribution in [0.25, 0.3) is 0 Å². The summed E-state index contributed by atoms with van der Waals surface area (Å²) in [6.45, 7) is 4.84. The van der Waals surface area contributed by atoms with Crippen molar-refractivity contribution in [2.45, 2.75) is 32.7 Å². The molecule has 7 heteroatoms. The van der Waals surface area contributed by atoms with E-state index in [1.54, 1.807) is 6.07 Å². The fourth-order valence-electron chi connectivity index (χ4n) is 2.63. The summed E-state index contributed by atoms with van der Waals surface area (Å²) in [6, 6.07) is 4.24. The van der Waals surface area contributed by atoms with E-state index in [1.807, 2.05) is 13.8 Å². The number of rotatable bonds is 3. The van der Waals surface area contributed by atoms with E-state index in [-0.39, 0.29) is 28.7 Å². The predicted molar refractivity (Wildman–Crippen MR) is 84.2 cm³/mol. The summed E-state index contributed by atoms with van der Waals surface area (Å²) in [5.41, 5.74) is -0.0744. The zero-order chi connectivity index (χ0) is 15.6. The Balaban J connectivity index is 2.22. The van der Waals surface area contributed by atoms with Gasteiger partial charge in [-0.05, 0) is 36.9 Å². The van der Waals surface area contributed by atoms with Crippen molar-refractivity contribution in [2.24, 2.45) is 5.41 Å². The van der Waals surface area contributed by atoms with Gasteiger partial charge in [-0.2, -0.15) is 0 Å². The summed E-state index contributed by atoms with van der Waals surface area (Å²) in [5, 5.41) is 17.0. The average Bonchev–Trinajstić information content (AvgIpc) is 2.39. The van der Waals surface area contributed by atoms with Crippen molar-refractivity contribution in [3.8, 4) is 0 Å². The van der Waals surface area contributed by atoms with E-state index in [2.05, 4.69) is 26.6 Å². The Bertz CT molecular complexity index is 575. The van der Waals surface area contributed by atoms with Gasteiger partial charge in [0.2, 0.25) is 5.91 Å². The van der Waals surface area contributed by atoms with Gasteiger partial charge >= 0.3 is 0 Å². The van der Waals surface area contributed by atoms with Crippen LogP contribution in [0.3, 0.4) is 0 Å². The van der Waals surface area contributed by atoms with E-state index < -0.39 is 4.92 Å². The molecule has 1 aliphatic rings. The minimum atomic E-state index is -0.500. The lowest BCUT2D eigenvalue weighted by Gasteiger charge is -2.38. The number of amides is 1. The van der Waals surface area contributed by atoms with Crippen LogP contribution in [-0.2, 0) is 4.79 Å². The molecule has 2 rings (SSSR count). The Hall–Kier alpha value is -1.47. The molecule has 114 valence electrons. The molecule has 1 aliphatic heterocycles. The molecule has 0 aromatic heterocycles. The summed E-state index contributed by atoms with van der Waals surface area (Å²) in [6.07, 6.45) is 1.97. The second-order valence-electron chi connectivity index (χ2n) is 5.89. The molecule has 0 bridgehead atoms. The molecule has 1 atom stereocenters. The first kappa shape index (κ1) is 15.9. The van der Waals surface area contributed by atoms with Gasteiger partial charge in [0.15, 0.2) is 0 Å². The highest BCUT2D eigenvalue weighted by molar-refractivity contribution is 9.10. The van der Waals surface area contributed by atoms with Gasteiger partial charge in [0, 0.05) is 10.5 Å². The summed E-state index contributed by atoms with van der Waals surface area (Å²) >= 11 is 3.20. The molecular formula is C14H18BrN3O3. The molecule has 21 heavy (non-hydrogen) atoms. The molecule has 1 amide bonds. The maximum Gasteiger partial charge on any atom is 0.293 e. The van der Waals surface area contributed by atoms with Gasteiger partial charge in [0.25, 0.3) is 5.69 Å². The number of hydrogen-bond donors (Lipinski definition) is 2. The molecule has 1 aromatic carbocycles. The number of carbonyl (C=O) groups is 1. The molecule has 1 heterocycles. The SMILES string of the molecule is CC1(C)CCCNC1C(=O)Nc1ccc(Br)cc1[N+](=O)[O-]. The van der Waals surface area contributed by atoms with E-state index in [0.717, 1.165) is 19.4 Å². The number of halogens is 1. The summed E-state index contributed by atoms with van der Waals surface area (Å²) in [5.74, 6) is -0.231. The number of hydrogen-bond acceptors (Lipinski definition) is 4. The second kappa shape index (κ2) is 6.11. The number of carbonyl (C=O) groups excluding carboxylic acids is 1. The molecule has 1 unspecified atom stereocenters. The van der Waals surface area contributed by atoms with Crippen LogP contribution in [0.5, 0.6) is 0 Å². The zero-order valence-electron chi connectivity index (χ0n) is 12.0. The van der Waals surface area contributed by atoms with E-state index in [9.17, 15) is 14.9 Å². The minimum absolute atomic E-state index is 0.119. The van der Waals surface area contributed by atoms with Crippen molar-refractivity contribution in [3.05, 3.63) is 32.8 Å². The molecule has 2 N–H and O–H groups in total. The van der Waals surface area contributed by atoms with Crippen LogP contribution >= 0.6 is 15.9 Å². The lowest BCUT2D eigenvalue weighted by atomic mass is 9.77. The van der Waals surface area contributed by atoms with Crippen LogP contribution in [-0.4, -0.2) is 23.4 Å². The maximum atomic E-state index is 12.4. The van der Waals surface area contributed by atoms with Crippen LogP contribution in [0.15, 0.2) is 22.7 Å². The van der Waals surface area contributed by atoms with Crippen LogP contribution in [0.1, 0.15) is 26.7 Å². The van der Waals surface area contributed by atoms with Crippen molar-refractivity contribution in [3.63, 3.8) is 0 Å². The number of anilines is 1. The molecule has 0 spiro atoms.